The highest BCUT2D eigenvalue weighted by Crippen LogP contribution is 2.36. The van der Waals surface area contributed by atoms with Gasteiger partial charge in [0.1, 0.15) is 36.0 Å². The molecule has 0 amide bonds. The van der Waals surface area contributed by atoms with Crippen molar-refractivity contribution in [3.05, 3.63) is 102 Å². The van der Waals surface area contributed by atoms with Crippen molar-refractivity contribution in [2.45, 2.75) is 25.7 Å². The highest BCUT2D eigenvalue weighted by atomic mass is 16.5. The Hall–Kier alpha value is -3.73. The fraction of sp³-hybridized carbons (Fsp3) is 0.222. The molecule has 2 N–H and O–H groups in total. The number of hydrogen-bond acceptors (Lipinski definition) is 4. The van der Waals surface area contributed by atoms with Gasteiger partial charge in [-0.1, -0.05) is 56.3 Å². The number of carboxylic acids is 1. The van der Waals surface area contributed by atoms with Crippen LogP contribution in [-0.2, 0) is 11.8 Å². The fourth-order valence-electron chi connectivity index (χ4n) is 3.51. The first-order chi connectivity index (χ1) is 15.3. The molecule has 3 aromatic rings. The van der Waals surface area contributed by atoms with Crippen molar-refractivity contribution in [2.75, 3.05) is 13.2 Å². The Morgan fingerprint density at radius 1 is 0.969 bits per heavy atom. The second-order valence-corrected chi connectivity index (χ2v) is 7.99. The highest BCUT2D eigenvalue weighted by molar-refractivity contribution is 5.91. The van der Waals surface area contributed by atoms with Gasteiger partial charge in [0, 0.05) is 5.41 Å². The molecule has 0 bridgehead atoms. The molecule has 0 aliphatic carbocycles. The van der Waals surface area contributed by atoms with Crippen LogP contribution in [0.3, 0.4) is 0 Å². The number of carbonyl (C=O) groups is 1. The summed E-state index contributed by atoms with van der Waals surface area (Å²) in [7, 11) is 0. The van der Waals surface area contributed by atoms with E-state index in [4.69, 9.17) is 9.47 Å². The van der Waals surface area contributed by atoms with Gasteiger partial charge < -0.3 is 19.7 Å². The van der Waals surface area contributed by atoms with Crippen molar-refractivity contribution in [3.8, 4) is 17.2 Å². The maximum absolute atomic E-state index is 11.4. The lowest BCUT2D eigenvalue weighted by Gasteiger charge is -2.27. The number of para-hydroxylation sites is 1. The molecule has 3 aromatic carbocycles. The molecule has 166 valence electrons. The van der Waals surface area contributed by atoms with Crippen LogP contribution < -0.4 is 9.47 Å². The quantitative estimate of drug-likeness (QED) is 0.322. The number of carboxylic acid groups (broad SMARTS) is 1. The van der Waals surface area contributed by atoms with Crippen molar-refractivity contribution in [3.63, 3.8) is 0 Å². The van der Waals surface area contributed by atoms with E-state index in [9.17, 15) is 15.0 Å². The Labute approximate surface area is 188 Å². The molecule has 0 heterocycles. The molecule has 32 heavy (non-hydrogen) atoms. The first-order valence-corrected chi connectivity index (χ1v) is 10.4. The van der Waals surface area contributed by atoms with E-state index in [2.05, 4.69) is 12.6 Å². The zero-order valence-corrected chi connectivity index (χ0v) is 18.4. The minimum absolute atomic E-state index is 0.111. The number of ether oxygens (including phenoxy) is 2. The lowest BCUT2D eigenvalue weighted by molar-refractivity contribution is 0.0693. The number of hydrogen-bond donors (Lipinski definition) is 2. The smallest absolute Gasteiger partial charge is 0.339 e. The monoisotopic (exact) mass is 432 g/mol. The third kappa shape index (κ3) is 5.30. The fourth-order valence-corrected chi connectivity index (χ4v) is 3.51. The van der Waals surface area contributed by atoms with Crippen molar-refractivity contribution in [2.24, 2.45) is 0 Å². The first-order valence-electron chi connectivity index (χ1n) is 10.4. The SMILES string of the molecule is C=CCc1cc(C(C)(C)c2ccc(O)c(C(=O)O)c2)ccc1OCCOc1ccccc1. The zero-order chi connectivity index (χ0) is 23.1. The summed E-state index contributed by atoms with van der Waals surface area (Å²) in [5.41, 5.74) is 2.19. The predicted octanol–water partition coefficient (Wildman–Crippen LogP) is 5.60. The number of rotatable bonds is 10. The van der Waals surface area contributed by atoms with Gasteiger partial charge in [-0.25, -0.2) is 4.79 Å². The standard InChI is InChI=1S/C27H28O5/c1-4-8-19-17-20(27(2,3)21-11-13-24(28)23(18-21)26(29)30)12-14-25(19)32-16-15-31-22-9-6-5-7-10-22/h4-7,9-14,17-18,28H,1,8,15-16H2,2-3H3,(H,29,30). The summed E-state index contributed by atoms with van der Waals surface area (Å²) in [6.45, 7) is 8.72. The largest absolute Gasteiger partial charge is 0.507 e. The average Bonchev–Trinajstić information content (AvgIpc) is 2.78. The third-order valence-electron chi connectivity index (χ3n) is 5.45. The van der Waals surface area contributed by atoms with E-state index in [0.29, 0.717) is 19.6 Å². The van der Waals surface area contributed by atoms with E-state index in [-0.39, 0.29) is 11.3 Å². The molecule has 0 saturated carbocycles. The van der Waals surface area contributed by atoms with Gasteiger partial charge in [0.25, 0.3) is 0 Å². The van der Waals surface area contributed by atoms with E-state index < -0.39 is 11.4 Å². The molecular formula is C27H28O5. The van der Waals surface area contributed by atoms with Crippen LogP contribution in [0.2, 0.25) is 0 Å². The summed E-state index contributed by atoms with van der Waals surface area (Å²) in [4.78, 5) is 11.4. The predicted molar refractivity (Wildman–Crippen MR) is 125 cm³/mol. The summed E-state index contributed by atoms with van der Waals surface area (Å²) < 4.78 is 11.7. The van der Waals surface area contributed by atoms with E-state index >= 15 is 0 Å². The number of allylic oxidation sites excluding steroid dienone is 1. The molecule has 0 atom stereocenters. The zero-order valence-electron chi connectivity index (χ0n) is 18.4. The van der Waals surface area contributed by atoms with E-state index in [0.717, 1.165) is 28.2 Å². The van der Waals surface area contributed by atoms with Gasteiger partial charge in [-0.05, 0) is 53.4 Å². The molecule has 0 saturated heterocycles. The molecule has 0 radical (unpaired) electrons. The van der Waals surface area contributed by atoms with Gasteiger partial charge in [-0.2, -0.15) is 0 Å². The van der Waals surface area contributed by atoms with Gasteiger partial charge >= 0.3 is 5.97 Å². The number of phenols is 1. The minimum atomic E-state index is -1.16. The van der Waals surface area contributed by atoms with Gasteiger partial charge in [0.05, 0.1) is 0 Å². The molecule has 0 unspecified atom stereocenters. The van der Waals surface area contributed by atoms with Crippen molar-refractivity contribution >= 4 is 5.97 Å². The number of aromatic carboxylic acids is 1. The first kappa shape index (κ1) is 22.9. The topological polar surface area (TPSA) is 76.0 Å². The van der Waals surface area contributed by atoms with E-state index in [1.165, 1.54) is 12.1 Å². The van der Waals surface area contributed by atoms with Crippen LogP contribution >= 0.6 is 0 Å². The molecule has 5 heteroatoms. The second kappa shape index (κ2) is 10.1. The van der Waals surface area contributed by atoms with Crippen LogP contribution in [-0.4, -0.2) is 29.4 Å². The molecule has 5 nitrogen and oxygen atoms in total. The molecule has 0 aromatic heterocycles. The van der Waals surface area contributed by atoms with Crippen LogP contribution in [0, 0.1) is 0 Å². The molecular weight excluding hydrogens is 404 g/mol. The number of aromatic hydroxyl groups is 1. The lowest BCUT2D eigenvalue weighted by Crippen LogP contribution is -2.20. The molecule has 3 rings (SSSR count). The molecule has 0 aliphatic rings. The van der Waals surface area contributed by atoms with Gasteiger partial charge in [-0.3, -0.25) is 0 Å². The van der Waals surface area contributed by atoms with E-state index in [1.807, 2.05) is 62.4 Å². The van der Waals surface area contributed by atoms with Crippen LogP contribution in [0.15, 0.2) is 79.4 Å². The summed E-state index contributed by atoms with van der Waals surface area (Å²) in [6.07, 6.45) is 2.46. The Morgan fingerprint density at radius 3 is 2.31 bits per heavy atom. The molecule has 0 spiro atoms. The van der Waals surface area contributed by atoms with Crippen molar-refractivity contribution in [1.82, 2.24) is 0 Å². The Morgan fingerprint density at radius 2 is 1.62 bits per heavy atom. The lowest BCUT2D eigenvalue weighted by atomic mass is 9.77. The van der Waals surface area contributed by atoms with Gasteiger partial charge in [0.2, 0.25) is 0 Å². The summed E-state index contributed by atoms with van der Waals surface area (Å²) in [6, 6.07) is 20.3. The van der Waals surface area contributed by atoms with Gasteiger partial charge in [0.15, 0.2) is 0 Å². The average molecular weight is 433 g/mol. The Bertz CT molecular complexity index is 1090. The van der Waals surface area contributed by atoms with Crippen LogP contribution in [0.25, 0.3) is 0 Å². The van der Waals surface area contributed by atoms with Crippen molar-refractivity contribution < 1.29 is 24.5 Å². The van der Waals surface area contributed by atoms with Gasteiger partial charge in [-0.15, -0.1) is 6.58 Å². The third-order valence-corrected chi connectivity index (χ3v) is 5.45. The maximum atomic E-state index is 11.4. The second-order valence-electron chi connectivity index (χ2n) is 7.99. The Kier molecular flexibility index (Phi) is 7.21. The Balaban J connectivity index is 1.79. The summed E-state index contributed by atoms with van der Waals surface area (Å²) in [5, 5.41) is 19.2. The van der Waals surface area contributed by atoms with Crippen LogP contribution in [0.4, 0.5) is 0 Å². The van der Waals surface area contributed by atoms with E-state index in [1.54, 1.807) is 6.07 Å². The van der Waals surface area contributed by atoms with Crippen LogP contribution in [0.5, 0.6) is 17.2 Å². The number of benzene rings is 3. The minimum Gasteiger partial charge on any atom is -0.507 e. The van der Waals surface area contributed by atoms with Crippen molar-refractivity contribution in [1.29, 1.82) is 0 Å². The molecule has 0 fully saturated rings. The highest BCUT2D eigenvalue weighted by Gasteiger charge is 2.26. The molecule has 0 aliphatic heterocycles. The normalized spacial score (nSPS) is 11.1. The summed E-state index contributed by atoms with van der Waals surface area (Å²) >= 11 is 0. The summed E-state index contributed by atoms with van der Waals surface area (Å²) in [5.74, 6) is 0.159. The maximum Gasteiger partial charge on any atom is 0.339 e. The van der Waals surface area contributed by atoms with Crippen LogP contribution in [0.1, 0.15) is 40.9 Å².